The van der Waals surface area contributed by atoms with Crippen molar-refractivity contribution in [3.05, 3.63) is 30.6 Å². The predicted molar refractivity (Wildman–Crippen MR) is 118 cm³/mol. The van der Waals surface area contributed by atoms with Crippen LogP contribution in [-0.2, 0) is 9.53 Å². The number of hydrogen-bond acceptors (Lipinski definition) is 6. The highest BCUT2D eigenvalue weighted by Crippen LogP contribution is 2.55. The lowest BCUT2D eigenvalue weighted by Crippen LogP contribution is -2.52. The number of rotatable bonds is 4. The second-order valence-electron chi connectivity index (χ2n) is 10.6. The minimum Gasteiger partial charge on any atom is -0.380 e. The zero-order valence-electron chi connectivity index (χ0n) is 18.8. The minimum atomic E-state index is -1.07. The molecular weight excluding hydrogens is 437 g/mol. The molecule has 1 amide bonds. The van der Waals surface area contributed by atoms with E-state index in [0.717, 1.165) is 50.7 Å². The highest BCUT2D eigenvalue weighted by molar-refractivity contribution is 6.04. The van der Waals surface area contributed by atoms with E-state index in [2.05, 4.69) is 16.3 Å². The molecular formula is C24H24FN7O2. The third-order valence-electron chi connectivity index (χ3n) is 8.35. The molecule has 7 rings (SSSR count). The second kappa shape index (κ2) is 6.63. The normalized spacial score (nSPS) is 28.3. The molecule has 0 aromatic carbocycles. The summed E-state index contributed by atoms with van der Waals surface area (Å²) in [6.07, 6.45) is 10.3. The number of carbonyl (C=O) groups is 1. The molecule has 2 atom stereocenters. The number of carbonyl (C=O) groups excluding carboxylic acids is 1. The number of hydrogen-bond donors (Lipinski definition) is 0. The lowest BCUT2D eigenvalue weighted by molar-refractivity contribution is -0.175. The van der Waals surface area contributed by atoms with E-state index in [1.807, 2.05) is 17.8 Å². The average Bonchev–Trinajstić information content (AvgIpc) is 3.28. The lowest BCUT2D eigenvalue weighted by Gasteiger charge is -2.53. The molecule has 10 heteroatoms. The molecule has 0 bridgehead atoms. The Morgan fingerprint density at radius 1 is 1.21 bits per heavy atom. The van der Waals surface area contributed by atoms with Gasteiger partial charge in [0.15, 0.2) is 11.6 Å². The zero-order valence-corrected chi connectivity index (χ0v) is 18.8. The molecule has 2 aliphatic heterocycles. The first kappa shape index (κ1) is 20.1. The van der Waals surface area contributed by atoms with Gasteiger partial charge < -0.3 is 4.74 Å². The Balaban J connectivity index is 1.27. The van der Waals surface area contributed by atoms with Crippen LogP contribution in [0.2, 0.25) is 0 Å². The van der Waals surface area contributed by atoms with E-state index in [4.69, 9.17) is 9.72 Å². The van der Waals surface area contributed by atoms with Crippen LogP contribution in [0.3, 0.4) is 0 Å². The number of anilines is 1. The van der Waals surface area contributed by atoms with Crippen molar-refractivity contribution in [2.75, 3.05) is 24.7 Å². The van der Waals surface area contributed by atoms with Crippen molar-refractivity contribution < 1.29 is 13.9 Å². The van der Waals surface area contributed by atoms with Gasteiger partial charge >= 0.3 is 0 Å². The summed E-state index contributed by atoms with van der Waals surface area (Å²) in [5.74, 6) is -0.727. The smallest absolute Gasteiger partial charge is 0.249 e. The van der Waals surface area contributed by atoms with Crippen molar-refractivity contribution in [2.24, 2.45) is 22.7 Å². The summed E-state index contributed by atoms with van der Waals surface area (Å²) in [7, 11) is 0. The first-order chi connectivity index (χ1) is 16.4. The molecule has 3 aromatic rings. The Kier molecular flexibility index (Phi) is 3.92. The quantitative estimate of drug-likeness (QED) is 0.592. The van der Waals surface area contributed by atoms with E-state index in [9.17, 15) is 14.4 Å². The molecule has 5 heterocycles. The van der Waals surface area contributed by atoms with Crippen LogP contribution in [0.15, 0.2) is 24.8 Å². The molecule has 2 saturated carbocycles. The predicted octanol–water partition coefficient (Wildman–Crippen LogP) is 2.99. The summed E-state index contributed by atoms with van der Waals surface area (Å²) >= 11 is 0. The first-order valence-corrected chi connectivity index (χ1v) is 11.8. The Labute approximate surface area is 195 Å². The van der Waals surface area contributed by atoms with E-state index in [0.29, 0.717) is 23.7 Å². The average molecular weight is 462 g/mol. The summed E-state index contributed by atoms with van der Waals surface area (Å²) in [5, 5.41) is 18.7. The first-order valence-electron chi connectivity index (χ1n) is 11.8. The molecule has 2 saturated heterocycles. The van der Waals surface area contributed by atoms with E-state index in [1.165, 1.54) is 9.42 Å². The van der Waals surface area contributed by atoms with E-state index < -0.39 is 11.2 Å². The highest BCUT2D eigenvalue weighted by Gasteiger charge is 2.61. The van der Waals surface area contributed by atoms with E-state index in [-0.39, 0.29) is 29.1 Å². The van der Waals surface area contributed by atoms with Crippen molar-refractivity contribution in [3.8, 4) is 17.3 Å². The standard InChI is InChI=1S/C24H24FN7O2/c1-14-8-30(22(33)24(14,11-26)16-2-3-16)21-20-18(25)7-28-32(20)10-19(29-21)15-6-27-31(9-15)17-4-23(5-17)12-34-13-23/h6-7,9-10,14,16-17H,2-5,8,12-13H2,1H3/t14-,24+/m1/s1. The lowest BCUT2D eigenvalue weighted by atomic mass is 9.64. The van der Waals surface area contributed by atoms with Crippen LogP contribution in [0.4, 0.5) is 10.2 Å². The molecule has 34 heavy (non-hydrogen) atoms. The van der Waals surface area contributed by atoms with Gasteiger partial charge in [-0.3, -0.25) is 14.4 Å². The third-order valence-corrected chi connectivity index (χ3v) is 8.35. The van der Waals surface area contributed by atoms with Crippen LogP contribution < -0.4 is 4.90 Å². The maximum atomic E-state index is 14.8. The summed E-state index contributed by atoms with van der Waals surface area (Å²) in [5.41, 5.74) is 0.737. The monoisotopic (exact) mass is 461 g/mol. The highest BCUT2D eigenvalue weighted by atomic mass is 19.1. The SMILES string of the molecule is C[C@@H]1CN(c2nc(-c3cnn(C4CC5(COC5)C4)c3)cn3ncc(F)c23)C(=O)[C@]1(C#N)C1CC1. The largest absolute Gasteiger partial charge is 0.380 e. The van der Waals surface area contributed by atoms with Gasteiger partial charge in [-0.25, -0.2) is 13.9 Å². The van der Waals surface area contributed by atoms with Gasteiger partial charge in [0.05, 0.1) is 49.6 Å². The van der Waals surface area contributed by atoms with Crippen LogP contribution in [0, 0.1) is 39.8 Å². The molecule has 2 aliphatic carbocycles. The number of ether oxygens (including phenoxy) is 1. The van der Waals surface area contributed by atoms with Crippen LogP contribution in [-0.4, -0.2) is 50.0 Å². The molecule has 1 spiro atoms. The van der Waals surface area contributed by atoms with E-state index in [1.54, 1.807) is 12.4 Å². The molecule has 3 aromatic heterocycles. The van der Waals surface area contributed by atoms with Crippen LogP contribution in [0.25, 0.3) is 16.8 Å². The number of halogens is 1. The van der Waals surface area contributed by atoms with Gasteiger partial charge in [-0.05, 0) is 31.6 Å². The van der Waals surface area contributed by atoms with Crippen LogP contribution >= 0.6 is 0 Å². The van der Waals surface area contributed by atoms with Gasteiger partial charge in [-0.2, -0.15) is 15.5 Å². The Morgan fingerprint density at radius 3 is 2.68 bits per heavy atom. The van der Waals surface area contributed by atoms with Gasteiger partial charge in [-0.1, -0.05) is 6.92 Å². The Bertz CT molecular complexity index is 1370. The third kappa shape index (κ3) is 2.56. The molecule has 174 valence electrons. The summed E-state index contributed by atoms with van der Waals surface area (Å²) < 4.78 is 23.5. The van der Waals surface area contributed by atoms with Crippen molar-refractivity contribution in [1.82, 2.24) is 24.4 Å². The molecule has 0 radical (unpaired) electrons. The van der Waals surface area contributed by atoms with Gasteiger partial charge in [-0.15, -0.1) is 0 Å². The molecule has 0 N–H and O–H groups in total. The molecule has 4 aliphatic rings. The summed E-state index contributed by atoms with van der Waals surface area (Å²) in [4.78, 5) is 19.8. The van der Waals surface area contributed by atoms with E-state index >= 15 is 0 Å². The fourth-order valence-electron chi connectivity index (χ4n) is 6.19. The van der Waals surface area contributed by atoms with Crippen molar-refractivity contribution in [3.63, 3.8) is 0 Å². The van der Waals surface area contributed by atoms with Gasteiger partial charge in [0.2, 0.25) is 5.91 Å². The Morgan fingerprint density at radius 2 is 2.00 bits per heavy atom. The van der Waals surface area contributed by atoms with Gasteiger partial charge in [0.25, 0.3) is 0 Å². The molecule has 9 nitrogen and oxygen atoms in total. The number of aromatic nitrogens is 5. The number of fused-ring (bicyclic) bond motifs is 1. The second-order valence-corrected chi connectivity index (χ2v) is 10.6. The minimum absolute atomic E-state index is 0.0593. The maximum Gasteiger partial charge on any atom is 0.249 e. The van der Waals surface area contributed by atoms with Gasteiger partial charge in [0.1, 0.15) is 10.9 Å². The maximum absolute atomic E-state index is 14.8. The van der Waals surface area contributed by atoms with Gasteiger partial charge in [0, 0.05) is 29.6 Å². The fourth-order valence-corrected chi connectivity index (χ4v) is 6.19. The summed E-state index contributed by atoms with van der Waals surface area (Å²) in [6, 6.07) is 2.66. The van der Waals surface area contributed by atoms with Crippen LogP contribution in [0.5, 0.6) is 0 Å². The zero-order chi connectivity index (χ0) is 23.2. The molecule has 0 unspecified atom stereocenters. The van der Waals surface area contributed by atoms with Crippen molar-refractivity contribution in [2.45, 2.75) is 38.6 Å². The Hall–Kier alpha value is -3.32. The number of nitriles is 1. The van der Waals surface area contributed by atoms with Crippen molar-refractivity contribution in [1.29, 1.82) is 5.26 Å². The fraction of sp³-hybridized carbons (Fsp3) is 0.542. The molecule has 4 fully saturated rings. The van der Waals surface area contributed by atoms with Crippen LogP contribution in [0.1, 0.15) is 38.6 Å². The topological polar surface area (TPSA) is 101 Å². The summed E-state index contributed by atoms with van der Waals surface area (Å²) in [6.45, 7) is 3.91. The number of amides is 1. The van der Waals surface area contributed by atoms with Crippen molar-refractivity contribution >= 4 is 17.2 Å². The number of nitrogens with zero attached hydrogens (tertiary/aromatic N) is 7.